The molecular weight excluding hydrogens is 140 g/mol. The first-order valence-electron chi connectivity index (χ1n) is 4.27. The SMILES string of the molecule is CCCC1CN=C(CCN)O1. The molecule has 0 saturated carbocycles. The highest BCUT2D eigenvalue weighted by atomic mass is 16.5. The summed E-state index contributed by atoms with van der Waals surface area (Å²) in [6.45, 7) is 3.63. The number of hydrogen-bond donors (Lipinski definition) is 1. The third kappa shape index (κ3) is 2.50. The van der Waals surface area contributed by atoms with Crippen LogP contribution in [0.1, 0.15) is 26.2 Å². The van der Waals surface area contributed by atoms with Crippen molar-refractivity contribution in [3.63, 3.8) is 0 Å². The molecule has 1 unspecified atom stereocenters. The Hall–Kier alpha value is -0.570. The van der Waals surface area contributed by atoms with Crippen molar-refractivity contribution in [1.82, 2.24) is 0 Å². The summed E-state index contributed by atoms with van der Waals surface area (Å²) < 4.78 is 5.51. The maximum Gasteiger partial charge on any atom is 0.184 e. The summed E-state index contributed by atoms with van der Waals surface area (Å²) in [4.78, 5) is 4.24. The second-order valence-corrected chi connectivity index (χ2v) is 2.80. The van der Waals surface area contributed by atoms with Crippen molar-refractivity contribution in [3.05, 3.63) is 0 Å². The van der Waals surface area contributed by atoms with E-state index < -0.39 is 0 Å². The first-order chi connectivity index (χ1) is 5.36. The number of nitrogens with two attached hydrogens (primary N) is 1. The quantitative estimate of drug-likeness (QED) is 0.658. The molecule has 0 aromatic carbocycles. The van der Waals surface area contributed by atoms with E-state index in [0.29, 0.717) is 12.6 Å². The van der Waals surface area contributed by atoms with E-state index in [2.05, 4.69) is 11.9 Å². The molecule has 1 aliphatic rings. The Morgan fingerprint density at radius 1 is 1.73 bits per heavy atom. The molecule has 11 heavy (non-hydrogen) atoms. The van der Waals surface area contributed by atoms with Crippen molar-refractivity contribution in [2.45, 2.75) is 32.3 Å². The summed E-state index contributed by atoms with van der Waals surface area (Å²) in [6, 6.07) is 0. The van der Waals surface area contributed by atoms with Crippen molar-refractivity contribution >= 4 is 5.90 Å². The van der Waals surface area contributed by atoms with Crippen molar-refractivity contribution < 1.29 is 4.74 Å². The van der Waals surface area contributed by atoms with Crippen molar-refractivity contribution in [1.29, 1.82) is 0 Å². The summed E-state index contributed by atoms with van der Waals surface area (Å²) in [6.07, 6.45) is 3.40. The van der Waals surface area contributed by atoms with Gasteiger partial charge in [-0.1, -0.05) is 13.3 Å². The van der Waals surface area contributed by atoms with Crippen LogP contribution in [-0.4, -0.2) is 25.1 Å². The van der Waals surface area contributed by atoms with E-state index in [1.54, 1.807) is 0 Å². The molecule has 1 rings (SSSR count). The van der Waals surface area contributed by atoms with Gasteiger partial charge in [-0.05, 0) is 6.42 Å². The summed E-state index contributed by atoms with van der Waals surface area (Å²) in [5, 5.41) is 0. The largest absolute Gasteiger partial charge is 0.476 e. The monoisotopic (exact) mass is 156 g/mol. The lowest BCUT2D eigenvalue weighted by atomic mass is 10.2. The molecule has 0 saturated heterocycles. The molecule has 0 amide bonds. The third-order valence-electron chi connectivity index (χ3n) is 1.74. The highest BCUT2D eigenvalue weighted by molar-refractivity contribution is 5.77. The molecule has 0 aromatic heterocycles. The van der Waals surface area contributed by atoms with Crippen LogP contribution in [0.4, 0.5) is 0 Å². The molecule has 0 radical (unpaired) electrons. The van der Waals surface area contributed by atoms with Gasteiger partial charge in [0.2, 0.25) is 0 Å². The van der Waals surface area contributed by atoms with Gasteiger partial charge < -0.3 is 10.5 Å². The number of nitrogens with zero attached hydrogens (tertiary/aromatic N) is 1. The zero-order valence-corrected chi connectivity index (χ0v) is 7.05. The van der Waals surface area contributed by atoms with Gasteiger partial charge in [-0.25, -0.2) is 0 Å². The second-order valence-electron chi connectivity index (χ2n) is 2.80. The van der Waals surface area contributed by atoms with E-state index in [1.807, 2.05) is 0 Å². The maximum atomic E-state index is 5.51. The summed E-state index contributed by atoms with van der Waals surface area (Å²) in [7, 11) is 0. The predicted molar refractivity (Wildman–Crippen MR) is 45.8 cm³/mol. The lowest BCUT2D eigenvalue weighted by Crippen LogP contribution is -2.14. The van der Waals surface area contributed by atoms with Gasteiger partial charge in [0.1, 0.15) is 6.10 Å². The number of hydrogen-bond acceptors (Lipinski definition) is 3. The highest BCUT2D eigenvalue weighted by Crippen LogP contribution is 2.11. The van der Waals surface area contributed by atoms with Gasteiger partial charge in [0, 0.05) is 13.0 Å². The van der Waals surface area contributed by atoms with E-state index in [0.717, 1.165) is 31.7 Å². The van der Waals surface area contributed by atoms with E-state index in [9.17, 15) is 0 Å². The van der Waals surface area contributed by atoms with Crippen LogP contribution in [0, 0.1) is 0 Å². The van der Waals surface area contributed by atoms with Crippen LogP contribution in [0.2, 0.25) is 0 Å². The molecule has 1 atom stereocenters. The standard InChI is InChI=1S/C8H16N2O/c1-2-3-7-6-10-8(11-7)4-5-9/h7H,2-6,9H2,1H3. The molecule has 64 valence electrons. The van der Waals surface area contributed by atoms with E-state index in [-0.39, 0.29) is 0 Å². The Kier molecular flexibility index (Phi) is 3.36. The fourth-order valence-corrected chi connectivity index (χ4v) is 1.20. The van der Waals surface area contributed by atoms with Gasteiger partial charge >= 0.3 is 0 Å². The van der Waals surface area contributed by atoms with E-state index >= 15 is 0 Å². The van der Waals surface area contributed by atoms with Crippen molar-refractivity contribution in [3.8, 4) is 0 Å². The lowest BCUT2D eigenvalue weighted by molar-refractivity contribution is 0.207. The Bertz CT molecular complexity index is 145. The number of ether oxygens (including phenoxy) is 1. The van der Waals surface area contributed by atoms with Gasteiger partial charge in [-0.2, -0.15) is 0 Å². The predicted octanol–water partition coefficient (Wildman–Crippen LogP) is 0.933. The molecule has 3 nitrogen and oxygen atoms in total. The lowest BCUT2D eigenvalue weighted by Gasteiger charge is -2.08. The topological polar surface area (TPSA) is 47.6 Å². The molecule has 0 aromatic rings. The zero-order valence-electron chi connectivity index (χ0n) is 7.05. The first kappa shape index (κ1) is 8.53. The van der Waals surface area contributed by atoms with Gasteiger partial charge in [0.15, 0.2) is 5.90 Å². The van der Waals surface area contributed by atoms with Crippen molar-refractivity contribution in [2.75, 3.05) is 13.1 Å². The Labute approximate surface area is 67.6 Å². The van der Waals surface area contributed by atoms with Crippen LogP contribution in [-0.2, 0) is 4.74 Å². The zero-order chi connectivity index (χ0) is 8.10. The maximum absolute atomic E-state index is 5.51. The summed E-state index contributed by atoms with van der Waals surface area (Å²) in [5.74, 6) is 0.853. The second kappa shape index (κ2) is 4.34. The fourth-order valence-electron chi connectivity index (χ4n) is 1.20. The third-order valence-corrected chi connectivity index (χ3v) is 1.74. The molecule has 1 aliphatic heterocycles. The normalized spacial score (nSPS) is 23.1. The molecule has 2 N–H and O–H groups in total. The van der Waals surface area contributed by atoms with Crippen LogP contribution in [0.3, 0.4) is 0 Å². The van der Waals surface area contributed by atoms with Gasteiger partial charge in [0.05, 0.1) is 6.54 Å². The van der Waals surface area contributed by atoms with Crippen LogP contribution < -0.4 is 5.73 Å². The molecule has 3 heteroatoms. The highest BCUT2D eigenvalue weighted by Gasteiger charge is 2.17. The number of rotatable bonds is 4. The molecular formula is C8H16N2O. The average Bonchev–Trinajstić information content (AvgIpc) is 2.38. The fraction of sp³-hybridized carbons (Fsp3) is 0.875. The molecule has 1 heterocycles. The minimum atomic E-state index is 0.335. The average molecular weight is 156 g/mol. The smallest absolute Gasteiger partial charge is 0.184 e. The minimum Gasteiger partial charge on any atom is -0.476 e. The van der Waals surface area contributed by atoms with Crippen LogP contribution in [0.5, 0.6) is 0 Å². The van der Waals surface area contributed by atoms with Gasteiger partial charge in [0.25, 0.3) is 0 Å². The Balaban J connectivity index is 2.19. The van der Waals surface area contributed by atoms with Crippen LogP contribution in [0.25, 0.3) is 0 Å². The summed E-state index contributed by atoms with van der Waals surface area (Å²) >= 11 is 0. The summed E-state index contributed by atoms with van der Waals surface area (Å²) in [5.41, 5.74) is 5.37. The minimum absolute atomic E-state index is 0.335. The Morgan fingerprint density at radius 3 is 3.18 bits per heavy atom. The van der Waals surface area contributed by atoms with Crippen LogP contribution in [0.15, 0.2) is 4.99 Å². The molecule has 0 spiro atoms. The van der Waals surface area contributed by atoms with Gasteiger partial charge in [-0.3, -0.25) is 4.99 Å². The van der Waals surface area contributed by atoms with E-state index in [1.165, 1.54) is 0 Å². The van der Waals surface area contributed by atoms with E-state index in [4.69, 9.17) is 10.5 Å². The molecule has 0 bridgehead atoms. The van der Waals surface area contributed by atoms with Crippen molar-refractivity contribution in [2.24, 2.45) is 10.7 Å². The van der Waals surface area contributed by atoms with Gasteiger partial charge in [-0.15, -0.1) is 0 Å². The first-order valence-corrected chi connectivity index (χ1v) is 4.27. The number of aliphatic imine (C=N–C) groups is 1. The Morgan fingerprint density at radius 2 is 2.55 bits per heavy atom. The molecule has 0 fully saturated rings. The van der Waals surface area contributed by atoms with Crippen LogP contribution >= 0.6 is 0 Å². The molecule has 0 aliphatic carbocycles.